The highest BCUT2D eigenvalue weighted by Crippen LogP contribution is 2.24. The molecular formula is C21H24N6O3. The fraction of sp³-hybridized carbons (Fsp3) is 0.381. The zero-order valence-corrected chi connectivity index (χ0v) is 17.0. The number of pyridine rings is 1. The first-order valence-electron chi connectivity index (χ1n) is 10.1. The number of hydrogen-bond donors (Lipinski definition) is 2. The van der Waals surface area contributed by atoms with E-state index in [1.54, 1.807) is 23.0 Å². The van der Waals surface area contributed by atoms with Crippen molar-refractivity contribution < 1.29 is 14.3 Å². The van der Waals surface area contributed by atoms with E-state index in [0.717, 1.165) is 31.2 Å². The number of hydrogen-bond acceptors (Lipinski definition) is 6. The number of fused-ring (bicyclic) bond motifs is 1. The Bertz CT molecular complexity index is 1090. The highest BCUT2D eigenvalue weighted by molar-refractivity contribution is 5.88. The van der Waals surface area contributed by atoms with E-state index in [4.69, 9.17) is 4.74 Å². The average molecular weight is 408 g/mol. The standard InChI is InChI=1S/C21H24N6O3/c1-13-18(24-21(29)30-16-6-4-3-5-7-16)10-15(11-22-13)17-8-9-20-25-19(23-14(2)28)12-27(20)26-17/h8-12,16H,3-7H2,1-2H3,(H,23,28)(H,24,29). The molecule has 0 saturated heterocycles. The van der Waals surface area contributed by atoms with Crippen LogP contribution in [0.15, 0.2) is 30.6 Å². The van der Waals surface area contributed by atoms with E-state index in [1.807, 2.05) is 19.1 Å². The molecule has 9 nitrogen and oxygen atoms in total. The summed E-state index contributed by atoms with van der Waals surface area (Å²) in [5, 5.41) is 9.99. The molecule has 9 heteroatoms. The third kappa shape index (κ3) is 4.56. The predicted molar refractivity (Wildman–Crippen MR) is 112 cm³/mol. The van der Waals surface area contributed by atoms with E-state index in [2.05, 4.69) is 25.7 Å². The first kappa shape index (κ1) is 19.8. The topological polar surface area (TPSA) is 111 Å². The third-order valence-electron chi connectivity index (χ3n) is 5.07. The maximum absolute atomic E-state index is 12.3. The van der Waals surface area contributed by atoms with Crippen LogP contribution in [0.3, 0.4) is 0 Å². The van der Waals surface area contributed by atoms with Crippen molar-refractivity contribution in [3.8, 4) is 11.3 Å². The monoisotopic (exact) mass is 408 g/mol. The molecule has 1 saturated carbocycles. The lowest BCUT2D eigenvalue weighted by Gasteiger charge is -2.22. The lowest BCUT2D eigenvalue weighted by atomic mass is 9.98. The van der Waals surface area contributed by atoms with Gasteiger partial charge in [-0.15, -0.1) is 0 Å². The lowest BCUT2D eigenvalue weighted by molar-refractivity contribution is -0.114. The van der Waals surface area contributed by atoms with E-state index < -0.39 is 6.09 Å². The van der Waals surface area contributed by atoms with Gasteiger partial charge in [0, 0.05) is 18.7 Å². The van der Waals surface area contributed by atoms with Crippen molar-refractivity contribution in [3.05, 3.63) is 36.3 Å². The number of carbonyl (C=O) groups is 2. The molecule has 0 unspecified atom stereocenters. The normalized spacial score (nSPS) is 14.5. The molecule has 3 aromatic rings. The minimum absolute atomic E-state index is 0.0154. The summed E-state index contributed by atoms with van der Waals surface area (Å²) in [7, 11) is 0. The number of nitrogens with one attached hydrogen (secondary N) is 2. The van der Waals surface area contributed by atoms with E-state index in [1.165, 1.54) is 13.3 Å². The van der Waals surface area contributed by atoms with Crippen LogP contribution in [0.1, 0.15) is 44.7 Å². The van der Waals surface area contributed by atoms with Gasteiger partial charge in [0.05, 0.1) is 23.3 Å². The Balaban J connectivity index is 1.53. The lowest BCUT2D eigenvalue weighted by Crippen LogP contribution is -2.24. The van der Waals surface area contributed by atoms with Gasteiger partial charge in [-0.05, 0) is 50.8 Å². The van der Waals surface area contributed by atoms with Gasteiger partial charge in [-0.1, -0.05) is 6.42 Å². The maximum Gasteiger partial charge on any atom is 0.411 e. The molecule has 0 aliphatic heterocycles. The minimum atomic E-state index is -0.457. The summed E-state index contributed by atoms with van der Waals surface area (Å²) in [6.07, 6.45) is 8.10. The zero-order chi connectivity index (χ0) is 21.1. The Morgan fingerprint density at radius 3 is 2.73 bits per heavy atom. The van der Waals surface area contributed by atoms with Gasteiger partial charge in [0.1, 0.15) is 6.10 Å². The highest BCUT2D eigenvalue weighted by Gasteiger charge is 2.18. The molecule has 2 amide bonds. The Morgan fingerprint density at radius 1 is 1.17 bits per heavy atom. The summed E-state index contributed by atoms with van der Waals surface area (Å²) in [5.41, 5.74) is 3.28. The number of ether oxygens (including phenoxy) is 1. The SMILES string of the molecule is CC(=O)Nc1cn2nc(-c3cnc(C)c(NC(=O)OC4CCCCC4)c3)ccc2n1. The summed E-state index contributed by atoms with van der Waals surface area (Å²) < 4.78 is 7.14. The number of carbonyl (C=O) groups excluding carboxylic acids is 2. The van der Waals surface area contributed by atoms with Crippen LogP contribution in [-0.2, 0) is 9.53 Å². The number of aryl methyl sites for hydroxylation is 1. The van der Waals surface area contributed by atoms with E-state index in [9.17, 15) is 9.59 Å². The summed E-state index contributed by atoms with van der Waals surface area (Å²) >= 11 is 0. The summed E-state index contributed by atoms with van der Waals surface area (Å²) in [5.74, 6) is 0.235. The molecule has 1 aliphatic rings. The van der Waals surface area contributed by atoms with Crippen LogP contribution >= 0.6 is 0 Å². The number of nitrogens with zero attached hydrogens (tertiary/aromatic N) is 4. The van der Waals surface area contributed by atoms with Crippen molar-refractivity contribution in [1.82, 2.24) is 19.6 Å². The Morgan fingerprint density at radius 2 is 1.97 bits per heavy atom. The fourth-order valence-corrected chi connectivity index (χ4v) is 3.55. The highest BCUT2D eigenvalue weighted by atomic mass is 16.6. The molecule has 3 heterocycles. The largest absolute Gasteiger partial charge is 0.446 e. The molecular weight excluding hydrogens is 384 g/mol. The Kier molecular flexibility index (Phi) is 5.60. The number of anilines is 2. The van der Waals surface area contributed by atoms with Crippen molar-refractivity contribution >= 4 is 29.2 Å². The van der Waals surface area contributed by atoms with Crippen LogP contribution in [0.5, 0.6) is 0 Å². The number of aromatic nitrogens is 4. The smallest absolute Gasteiger partial charge is 0.411 e. The van der Waals surface area contributed by atoms with Crippen LogP contribution in [0.2, 0.25) is 0 Å². The fourth-order valence-electron chi connectivity index (χ4n) is 3.55. The third-order valence-corrected chi connectivity index (χ3v) is 5.07. The molecule has 0 aromatic carbocycles. The maximum atomic E-state index is 12.3. The van der Waals surface area contributed by atoms with Gasteiger partial charge in [-0.2, -0.15) is 5.10 Å². The zero-order valence-electron chi connectivity index (χ0n) is 17.0. The first-order valence-corrected chi connectivity index (χ1v) is 10.1. The molecule has 0 atom stereocenters. The Labute approximate surface area is 173 Å². The average Bonchev–Trinajstić information content (AvgIpc) is 3.11. The van der Waals surface area contributed by atoms with Crippen LogP contribution < -0.4 is 10.6 Å². The van der Waals surface area contributed by atoms with Gasteiger partial charge >= 0.3 is 6.09 Å². The van der Waals surface area contributed by atoms with E-state index in [0.29, 0.717) is 28.5 Å². The molecule has 0 radical (unpaired) electrons. The summed E-state index contributed by atoms with van der Waals surface area (Å²) in [4.78, 5) is 32.2. The summed E-state index contributed by atoms with van der Waals surface area (Å²) in [6, 6.07) is 5.44. The van der Waals surface area contributed by atoms with Crippen LogP contribution in [0.25, 0.3) is 16.9 Å². The number of imidazole rings is 1. The van der Waals surface area contributed by atoms with E-state index in [-0.39, 0.29) is 12.0 Å². The molecule has 3 aromatic heterocycles. The molecule has 4 rings (SSSR count). The van der Waals surface area contributed by atoms with E-state index >= 15 is 0 Å². The van der Waals surface area contributed by atoms with Gasteiger partial charge in [0.15, 0.2) is 11.5 Å². The Hall–Kier alpha value is -3.49. The molecule has 2 N–H and O–H groups in total. The summed E-state index contributed by atoms with van der Waals surface area (Å²) in [6.45, 7) is 3.25. The van der Waals surface area contributed by atoms with Gasteiger partial charge in [-0.25, -0.2) is 14.3 Å². The first-order chi connectivity index (χ1) is 14.5. The molecule has 1 fully saturated rings. The minimum Gasteiger partial charge on any atom is -0.446 e. The van der Waals surface area contributed by atoms with Crippen LogP contribution in [0.4, 0.5) is 16.3 Å². The van der Waals surface area contributed by atoms with Crippen molar-refractivity contribution in [2.24, 2.45) is 0 Å². The molecule has 156 valence electrons. The van der Waals surface area contributed by atoms with Crippen LogP contribution in [0, 0.1) is 6.92 Å². The molecule has 0 bridgehead atoms. The van der Waals surface area contributed by atoms with Crippen molar-refractivity contribution in [1.29, 1.82) is 0 Å². The molecule has 30 heavy (non-hydrogen) atoms. The van der Waals surface area contributed by atoms with Crippen molar-refractivity contribution in [2.45, 2.75) is 52.1 Å². The van der Waals surface area contributed by atoms with Gasteiger partial charge in [0.25, 0.3) is 0 Å². The quantitative estimate of drug-likeness (QED) is 0.676. The van der Waals surface area contributed by atoms with Crippen LogP contribution in [-0.4, -0.2) is 37.7 Å². The van der Waals surface area contributed by atoms with Gasteiger partial charge < -0.3 is 10.1 Å². The number of amides is 2. The second-order valence-corrected chi connectivity index (χ2v) is 7.48. The van der Waals surface area contributed by atoms with Crippen molar-refractivity contribution in [2.75, 3.05) is 10.6 Å². The molecule has 1 aliphatic carbocycles. The van der Waals surface area contributed by atoms with Gasteiger partial charge in [-0.3, -0.25) is 15.1 Å². The van der Waals surface area contributed by atoms with Crippen molar-refractivity contribution in [3.63, 3.8) is 0 Å². The molecule has 0 spiro atoms. The predicted octanol–water partition coefficient (Wildman–Crippen LogP) is 3.94. The second-order valence-electron chi connectivity index (χ2n) is 7.48. The van der Waals surface area contributed by atoms with Gasteiger partial charge in [0.2, 0.25) is 5.91 Å². The second kappa shape index (κ2) is 8.48. The number of rotatable bonds is 4.